The molecule has 0 fully saturated rings. The summed E-state index contributed by atoms with van der Waals surface area (Å²) in [4.78, 5) is 8.99. The number of aromatic nitrogens is 1. The summed E-state index contributed by atoms with van der Waals surface area (Å²) in [7, 11) is 0. The van der Waals surface area contributed by atoms with Gasteiger partial charge in [-0.1, -0.05) is 35.1 Å². The minimum atomic E-state index is 0. The van der Waals surface area contributed by atoms with Crippen LogP contribution in [0.1, 0.15) is 52.3 Å². The minimum absolute atomic E-state index is 0. The van der Waals surface area contributed by atoms with Crippen molar-refractivity contribution in [3.05, 3.63) is 23.4 Å². The van der Waals surface area contributed by atoms with Crippen LogP contribution >= 0.6 is 0 Å². The summed E-state index contributed by atoms with van der Waals surface area (Å²) >= 11 is 0. The molecule has 2 N–H and O–H groups in total. The van der Waals surface area contributed by atoms with Gasteiger partial charge in [-0.3, -0.25) is 4.99 Å². The van der Waals surface area contributed by atoms with E-state index in [0.29, 0.717) is 17.7 Å². The van der Waals surface area contributed by atoms with Crippen LogP contribution in [0.3, 0.4) is 0 Å². The van der Waals surface area contributed by atoms with Crippen LogP contribution in [0.2, 0.25) is 0 Å². The highest BCUT2D eigenvalue weighted by molar-refractivity contribution is 6.08. The Balaban J connectivity index is 0.00000144. The van der Waals surface area contributed by atoms with Crippen LogP contribution in [0, 0.1) is 11.8 Å². The maximum atomic E-state index is 5.97. The summed E-state index contributed by atoms with van der Waals surface area (Å²) in [5.74, 6) is 1.51. The summed E-state index contributed by atoms with van der Waals surface area (Å²) in [6.07, 6.45) is 1.78. The average Bonchev–Trinajstić information content (AvgIpc) is 2.58. The quantitative estimate of drug-likeness (QED) is 0.850. The molecule has 0 bridgehead atoms. The van der Waals surface area contributed by atoms with Gasteiger partial charge in [-0.2, -0.15) is 0 Å². The van der Waals surface area contributed by atoms with Crippen LogP contribution in [-0.2, 0) is 0 Å². The Morgan fingerprint density at radius 3 is 2.41 bits per heavy atom. The van der Waals surface area contributed by atoms with E-state index in [9.17, 15) is 0 Å². The van der Waals surface area contributed by atoms with Crippen molar-refractivity contribution in [2.45, 2.75) is 41.2 Å². The molecule has 0 saturated heterocycles. The Hall–Kier alpha value is -1.38. The largest absolute Gasteiger partial charge is 0.383 e. The van der Waals surface area contributed by atoms with Crippen LogP contribution < -0.4 is 5.73 Å². The van der Waals surface area contributed by atoms with Gasteiger partial charge in [0.15, 0.2) is 0 Å². The summed E-state index contributed by atoms with van der Waals surface area (Å²) in [6, 6.07) is 2.30. The highest BCUT2D eigenvalue weighted by Crippen LogP contribution is 2.38. The molecule has 0 radical (unpaired) electrons. The fourth-order valence-corrected chi connectivity index (χ4v) is 2.25. The number of nitrogen functional groups attached to an aromatic ring is 1. The van der Waals surface area contributed by atoms with Gasteiger partial charge < -0.3 is 5.73 Å². The molecule has 1 atom stereocenters. The summed E-state index contributed by atoms with van der Waals surface area (Å²) in [6.45, 7) is 8.69. The molecule has 3 heteroatoms. The predicted molar refractivity (Wildman–Crippen MR) is 74.3 cm³/mol. The molecule has 1 aliphatic rings. The van der Waals surface area contributed by atoms with Gasteiger partial charge in [-0.05, 0) is 23.5 Å². The molecule has 2 heterocycles. The number of aliphatic imine (C=N–C) groups is 1. The van der Waals surface area contributed by atoms with E-state index in [0.717, 1.165) is 11.3 Å². The van der Waals surface area contributed by atoms with E-state index in [1.165, 1.54) is 5.56 Å². The third-order valence-electron chi connectivity index (χ3n) is 3.04. The molecule has 1 aromatic heterocycles. The van der Waals surface area contributed by atoms with Gasteiger partial charge in [0.2, 0.25) is 0 Å². The van der Waals surface area contributed by atoms with Gasteiger partial charge in [0.05, 0.1) is 6.04 Å². The van der Waals surface area contributed by atoms with E-state index >= 15 is 0 Å². The van der Waals surface area contributed by atoms with Crippen molar-refractivity contribution in [1.82, 2.24) is 4.98 Å². The molecule has 1 unspecified atom stereocenters. The SMILES string of the molecule is C.CC(C)C1=NC(C(C)C)c2ccnc(N)c21. The number of pyridine rings is 1. The van der Waals surface area contributed by atoms with E-state index < -0.39 is 0 Å². The van der Waals surface area contributed by atoms with E-state index in [1.807, 2.05) is 0 Å². The van der Waals surface area contributed by atoms with Gasteiger partial charge in [-0.25, -0.2) is 4.98 Å². The first-order valence-corrected chi connectivity index (χ1v) is 5.84. The number of rotatable bonds is 2. The Morgan fingerprint density at radius 1 is 1.24 bits per heavy atom. The summed E-state index contributed by atoms with van der Waals surface area (Å²) < 4.78 is 0. The molecule has 0 amide bonds. The lowest BCUT2D eigenvalue weighted by Crippen LogP contribution is -2.11. The molecule has 1 aliphatic heterocycles. The van der Waals surface area contributed by atoms with Crippen molar-refractivity contribution in [3.8, 4) is 0 Å². The maximum Gasteiger partial charge on any atom is 0.132 e. The first-order valence-electron chi connectivity index (χ1n) is 5.84. The highest BCUT2D eigenvalue weighted by Gasteiger charge is 2.30. The first kappa shape index (κ1) is 13.7. The van der Waals surface area contributed by atoms with Gasteiger partial charge in [0, 0.05) is 17.5 Å². The van der Waals surface area contributed by atoms with Crippen LogP contribution in [0.5, 0.6) is 0 Å². The second-order valence-electron chi connectivity index (χ2n) is 5.02. The third-order valence-corrected chi connectivity index (χ3v) is 3.04. The normalized spacial score (nSPS) is 18.0. The number of fused-ring (bicyclic) bond motifs is 1. The molecule has 94 valence electrons. The van der Waals surface area contributed by atoms with Gasteiger partial charge in [0.25, 0.3) is 0 Å². The molecular formula is C14H23N3. The zero-order valence-electron chi connectivity index (χ0n) is 10.4. The van der Waals surface area contributed by atoms with Crippen LogP contribution in [0.15, 0.2) is 17.3 Å². The zero-order valence-corrected chi connectivity index (χ0v) is 10.4. The Labute approximate surface area is 104 Å². The monoisotopic (exact) mass is 233 g/mol. The smallest absolute Gasteiger partial charge is 0.132 e. The van der Waals surface area contributed by atoms with Crippen molar-refractivity contribution >= 4 is 11.5 Å². The maximum absolute atomic E-state index is 5.97. The number of nitrogens with zero attached hydrogens (tertiary/aromatic N) is 2. The fourth-order valence-electron chi connectivity index (χ4n) is 2.25. The number of nitrogens with two attached hydrogens (primary N) is 1. The minimum Gasteiger partial charge on any atom is -0.383 e. The number of hydrogen-bond acceptors (Lipinski definition) is 3. The van der Waals surface area contributed by atoms with E-state index in [-0.39, 0.29) is 13.5 Å². The van der Waals surface area contributed by atoms with Crippen molar-refractivity contribution in [2.24, 2.45) is 16.8 Å². The second kappa shape index (κ2) is 4.86. The number of hydrogen-bond donors (Lipinski definition) is 1. The number of anilines is 1. The second-order valence-corrected chi connectivity index (χ2v) is 5.02. The topological polar surface area (TPSA) is 51.3 Å². The summed E-state index contributed by atoms with van der Waals surface area (Å²) in [5.41, 5.74) is 9.40. The van der Waals surface area contributed by atoms with Crippen LogP contribution in [0.4, 0.5) is 5.82 Å². The molecule has 0 aliphatic carbocycles. The van der Waals surface area contributed by atoms with Crippen LogP contribution in [0.25, 0.3) is 0 Å². The van der Waals surface area contributed by atoms with Gasteiger partial charge in [-0.15, -0.1) is 0 Å². The van der Waals surface area contributed by atoms with Crippen molar-refractivity contribution in [2.75, 3.05) is 5.73 Å². The molecule has 0 saturated carbocycles. The standard InChI is InChI=1S/C13H19N3.CH4/c1-7(2)11-9-5-6-15-13(14)10(9)12(16-11)8(3)4;/h5-8,11H,1-4H3,(H2,14,15);1H4. The summed E-state index contributed by atoms with van der Waals surface area (Å²) in [5, 5.41) is 0. The lowest BCUT2D eigenvalue weighted by atomic mass is 9.93. The molecule has 0 spiro atoms. The first-order chi connectivity index (χ1) is 7.52. The fraction of sp³-hybridized carbons (Fsp3) is 0.571. The van der Waals surface area contributed by atoms with E-state index in [4.69, 9.17) is 10.7 Å². The van der Waals surface area contributed by atoms with Gasteiger partial charge >= 0.3 is 0 Å². The lowest BCUT2D eigenvalue weighted by Gasteiger charge is -2.13. The van der Waals surface area contributed by atoms with Crippen molar-refractivity contribution in [1.29, 1.82) is 0 Å². The zero-order chi connectivity index (χ0) is 11.9. The van der Waals surface area contributed by atoms with E-state index in [1.54, 1.807) is 6.20 Å². The molecule has 1 aromatic rings. The lowest BCUT2D eigenvalue weighted by molar-refractivity contribution is 0.523. The molecule has 0 aromatic carbocycles. The molecule has 3 nitrogen and oxygen atoms in total. The molecule has 17 heavy (non-hydrogen) atoms. The highest BCUT2D eigenvalue weighted by atomic mass is 14.9. The van der Waals surface area contributed by atoms with E-state index in [2.05, 4.69) is 38.7 Å². The third kappa shape index (κ3) is 2.19. The Morgan fingerprint density at radius 2 is 1.88 bits per heavy atom. The van der Waals surface area contributed by atoms with Crippen LogP contribution in [-0.4, -0.2) is 10.7 Å². The van der Waals surface area contributed by atoms with Crippen molar-refractivity contribution in [3.63, 3.8) is 0 Å². The Kier molecular flexibility index (Phi) is 3.91. The average molecular weight is 233 g/mol. The molecule has 2 rings (SSSR count). The Bertz CT molecular complexity index is 433. The van der Waals surface area contributed by atoms with Crippen molar-refractivity contribution < 1.29 is 0 Å². The predicted octanol–water partition coefficient (Wildman–Crippen LogP) is 3.46. The molecular weight excluding hydrogens is 210 g/mol. The van der Waals surface area contributed by atoms with Gasteiger partial charge in [0.1, 0.15) is 5.82 Å².